The van der Waals surface area contributed by atoms with Crippen LogP contribution in [-0.4, -0.2) is 26.6 Å². The van der Waals surface area contributed by atoms with E-state index in [0.29, 0.717) is 10.1 Å². The molecule has 1 nitrogen and oxygen atoms in total. The minimum atomic E-state index is -1.62. The molecule has 160 valence electrons. The molecule has 0 N–H and O–H groups in total. The van der Waals surface area contributed by atoms with Crippen molar-refractivity contribution in [2.24, 2.45) is 0 Å². The van der Waals surface area contributed by atoms with Gasteiger partial charge in [0.1, 0.15) is 0 Å². The standard InChI is InChI=1S/C24H50OSi2/c1-21(2,3)26(7,8)23(17-13-11-14-18-23)25-24(19-15-12-16-20-24)27(9,10)22(4,5)6/h11-20H2,1-10H3. The lowest BCUT2D eigenvalue weighted by Gasteiger charge is -2.62. The minimum absolute atomic E-state index is 0.177. The zero-order valence-electron chi connectivity index (χ0n) is 20.5. The van der Waals surface area contributed by atoms with Gasteiger partial charge in [-0.3, -0.25) is 0 Å². The second-order valence-corrected chi connectivity index (χ2v) is 24.3. The van der Waals surface area contributed by atoms with Gasteiger partial charge in [-0.05, 0) is 35.8 Å². The highest BCUT2D eigenvalue weighted by molar-refractivity contribution is 6.84. The highest BCUT2D eigenvalue weighted by Crippen LogP contribution is 2.57. The van der Waals surface area contributed by atoms with E-state index < -0.39 is 16.1 Å². The molecule has 0 unspecified atom stereocenters. The molecule has 0 radical (unpaired) electrons. The Morgan fingerprint density at radius 3 is 1.00 bits per heavy atom. The molecule has 2 saturated carbocycles. The summed E-state index contributed by atoms with van der Waals surface area (Å²) < 4.78 is 7.81. The third-order valence-electron chi connectivity index (χ3n) is 9.74. The minimum Gasteiger partial charge on any atom is -0.375 e. The average Bonchev–Trinajstić information content (AvgIpc) is 2.54. The van der Waals surface area contributed by atoms with Gasteiger partial charge >= 0.3 is 0 Å². The van der Waals surface area contributed by atoms with Crippen molar-refractivity contribution in [3.05, 3.63) is 0 Å². The molecule has 3 heteroatoms. The van der Waals surface area contributed by atoms with Crippen molar-refractivity contribution in [2.45, 2.75) is 152 Å². The zero-order chi connectivity index (χ0) is 20.8. The van der Waals surface area contributed by atoms with E-state index in [1.165, 1.54) is 64.2 Å². The van der Waals surface area contributed by atoms with Gasteiger partial charge in [0.05, 0.1) is 26.6 Å². The lowest BCUT2D eigenvalue weighted by molar-refractivity contribution is -0.114. The van der Waals surface area contributed by atoms with Crippen LogP contribution in [0.25, 0.3) is 0 Å². The molecule has 0 aromatic heterocycles. The summed E-state index contributed by atoms with van der Waals surface area (Å²) in [5, 5.41) is 1.12. The van der Waals surface area contributed by atoms with Crippen LogP contribution in [0.5, 0.6) is 0 Å². The maximum Gasteiger partial charge on any atom is 0.0907 e. The van der Waals surface area contributed by atoms with Crippen molar-refractivity contribution in [1.29, 1.82) is 0 Å². The van der Waals surface area contributed by atoms with Crippen molar-refractivity contribution in [1.82, 2.24) is 0 Å². The Bertz CT molecular complexity index is 449. The molecule has 2 rings (SSSR count). The Morgan fingerprint density at radius 1 is 0.519 bits per heavy atom. The summed E-state index contributed by atoms with van der Waals surface area (Å²) >= 11 is 0. The van der Waals surface area contributed by atoms with Crippen molar-refractivity contribution < 1.29 is 4.74 Å². The van der Waals surface area contributed by atoms with E-state index >= 15 is 0 Å². The van der Waals surface area contributed by atoms with E-state index in [9.17, 15) is 0 Å². The van der Waals surface area contributed by atoms with Crippen LogP contribution in [0.4, 0.5) is 0 Å². The summed E-state index contributed by atoms with van der Waals surface area (Å²) in [6.45, 7) is 25.6. The molecule has 2 aliphatic carbocycles. The van der Waals surface area contributed by atoms with Gasteiger partial charge < -0.3 is 4.74 Å². The number of rotatable bonds is 4. The molecule has 0 atom stereocenters. The Morgan fingerprint density at radius 2 is 0.778 bits per heavy atom. The normalized spacial score (nSPS) is 24.7. The first-order valence-corrected chi connectivity index (χ1v) is 17.8. The predicted molar refractivity (Wildman–Crippen MR) is 127 cm³/mol. The molecule has 2 fully saturated rings. The molecule has 2 aliphatic rings. The summed E-state index contributed by atoms with van der Waals surface area (Å²) in [5.41, 5.74) is 0. The van der Waals surface area contributed by atoms with Crippen LogP contribution in [0.1, 0.15) is 106 Å². The third-order valence-corrected chi connectivity index (χ3v) is 23.0. The van der Waals surface area contributed by atoms with Gasteiger partial charge in [0.15, 0.2) is 0 Å². The molecule has 0 aliphatic heterocycles. The Labute approximate surface area is 173 Å². The van der Waals surface area contributed by atoms with Gasteiger partial charge in [0, 0.05) is 0 Å². The molecule has 27 heavy (non-hydrogen) atoms. The van der Waals surface area contributed by atoms with Crippen LogP contribution in [0.15, 0.2) is 0 Å². The Balaban J connectivity index is 2.55. The maximum absolute atomic E-state index is 7.81. The number of hydrogen-bond donors (Lipinski definition) is 0. The quantitative estimate of drug-likeness (QED) is 0.422. The number of hydrogen-bond acceptors (Lipinski definition) is 1. The highest BCUT2D eigenvalue weighted by Gasteiger charge is 2.61. The van der Waals surface area contributed by atoms with Crippen LogP contribution in [-0.2, 0) is 4.74 Å². The molecule has 0 aromatic carbocycles. The second-order valence-electron chi connectivity index (χ2n) is 13.0. The highest BCUT2D eigenvalue weighted by atomic mass is 28.3. The van der Waals surface area contributed by atoms with Gasteiger partial charge in [-0.15, -0.1) is 0 Å². The first kappa shape index (κ1) is 23.7. The molecular weight excluding hydrogens is 360 g/mol. The third kappa shape index (κ3) is 4.03. The lowest BCUT2D eigenvalue weighted by atomic mass is 9.93. The topological polar surface area (TPSA) is 9.23 Å². The maximum atomic E-state index is 7.81. The van der Waals surface area contributed by atoms with Crippen molar-refractivity contribution in [3.8, 4) is 0 Å². The fourth-order valence-electron chi connectivity index (χ4n) is 5.70. The van der Waals surface area contributed by atoms with Crippen LogP contribution < -0.4 is 0 Å². The zero-order valence-corrected chi connectivity index (χ0v) is 22.5. The van der Waals surface area contributed by atoms with Crippen molar-refractivity contribution >= 4 is 16.1 Å². The van der Waals surface area contributed by atoms with Gasteiger partial charge in [-0.2, -0.15) is 0 Å². The fourth-order valence-corrected chi connectivity index (χ4v) is 12.6. The fraction of sp³-hybridized carbons (Fsp3) is 1.00. The van der Waals surface area contributed by atoms with Gasteiger partial charge in [0.2, 0.25) is 0 Å². The predicted octanol–water partition coefficient (Wildman–Crippen LogP) is 8.50. The average molecular weight is 411 g/mol. The van der Waals surface area contributed by atoms with Gasteiger partial charge in [-0.25, -0.2) is 0 Å². The van der Waals surface area contributed by atoms with Crippen LogP contribution in [0, 0.1) is 0 Å². The molecule has 0 amide bonds. The first-order valence-electron chi connectivity index (χ1n) is 11.8. The van der Waals surface area contributed by atoms with Gasteiger partial charge in [-0.1, -0.05) is 106 Å². The van der Waals surface area contributed by atoms with E-state index in [1.54, 1.807) is 0 Å². The van der Waals surface area contributed by atoms with E-state index in [2.05, 4.69) is 67.7 Å². The summed E-state index contributed by atoms with van der Waals surface area (Å²) in [5.74, 6) is 0. The van der Waals surface area contributed by atoms with Crippen LogP contribution in [0.3, 0.4) is 0 Å². The summed E-state index contributed by atoms with van der Waals surface area (Å²) in [7, 11) is -3.25. The van der Waals surface area contributed by atoms with Crippen LogP contribution >= 0.6 is 0 Å². The van der Waals surface area contributed by atoms with E-state index in [-0.39, 0.29) is 10.4 Å². The monoisotopic (exact) mass is 410 g/mol. The smallest absolute Gasteiger partial charge is 0.0907 e. The largest absolute Gasteiger partial charge is 0.375 e. The van der Waals surface area contributed by atoms with E-state index in [4.69, 9.17) is 4.74 Å². The summed E-state index contributed by atoms with van der Waals surface area (Å²) in [6, 6.07) is 0. The first-order chi connectivity index (χ1) is 12.1. The van der Waals surface area contributed by atoms with E-state index in [1.807, 2.05) is 0 Å². The second kappa shape index (κ2) is 7.58. The van der Waals surface area contributed by atoms with Gasteiger partial charge in [0.25, 0.3) is 0 Å². The summed E-state index contributed by atoms with van der Waals surface area (Å²) in [4.78, 5) is 0. The Kier molecular flexibility index (Phi) is 6.64. The number of ether oxygens (including phenoxy) is 1. The van der Waals surface area contributed by atoms with Crippen molar-refractivity contribution in [3.63, 3.8) is 0 Å². The molecule has 0 bridgehead atoms. The lowest BCUT2D eigenvalue weighted by Crippen LogP contribution is -2.70. The molecule has 0 heterocycles. The molecule has 0 spiro atoms. The summed E-state index contributed by atoms with van der Waals surface area (Å²) in [6.07, 6.45) is 13.6. The molecule has 0 saturated heterocycles. The van der Waals surface area contributed by atoms with Crippen molar-refractivity contribution in [2.75, 3.05) is 0 Å². The molecular formula is C24H50OSi2. The van der Waals surface area contributed by atoms with E-state index in [0.717, 1.165) is 0 Å². The SMILES string of the molecule is CC(C)(C)[Si](C)(C)C1(OC2([Si](C)(C)C(C)(C)C)CCCCC2)CCCCC1. The van der Waals surface area contributed by atoms with Crippen LogP contribution in [0.2, 0.25) is 36.3 Å². The molecule has 0 aromatic rings. The Hall–Kier alpha value is 0.394.